The molecule has 1 fully saturated rings. The predicted molar refractivity (Wildman–Crippen MR) is 196 cm³/mol. The second-order valence-electron chi connectivity index (χ2n) is 14.2. The summed E-state index contributed by atoms with van der Waals surface area (Å²) in [6.45, 7) is 8.19. The van der Waals surface area contributed by atoms with E-state index in [-0.39, 0.29) is 43.8 Å². The van der Waals surface area contributed by atoms with Crippen LogP contribution in [-0.4, -0.2) is 99.1 Å². The van der Waals surface area contributed by atoms with Crippen molar-refractivity contribution < 1.29 is 48.8 Å². The number of aliphatic hydroxyl groups is 2. The third-order valence-electron chi connectivity index (χ3n) is 9.59. The number of phenols is 1. The molecule has 53 heavy (non-hydrogen) atoms. The number of aromatic hydroxyl groups is 1. The van der Waals surface area contributed by atoms with Crippen LogP contribution in [-0.2, 0) is 39.9 Å². The Hall–Kier alpha value is -4.66. The van der Waals surface area contributed by atoms with Crippen molar-refractivity contribution in [3.8, 4) is 5.75 Å². The zero-order chi connectivity index (χ0) is 39.2. The number of ketones is 1. The highest BCUT2D eigenvalue weighted by Gasteiger charge is 2.38. The maximum absolute atomic E-state index is 14.1. The van der Waals surface area contributed by atoms with Crippen LogP contribution in [0.5, 0.6) is 5.75 Å². The molecular formula is C39H54N4O10. The number of esters is 1. The monoisotopic (exact) mass is 738 g/mol. The fourth-order valence-electron chi connectivity index (χ4n) is 6.26. The average molecular weight is 739 g/mol. The summed E-state index contributed by atoms with van der Waals surface area (Å²) in [5.74, 6) is -5.38. The lowest BCUT2D eigenvalue weighted by atomic mass is 9.84. The first-order valence-electron chi connectivity index (χ1n) is 18.1. The van der Waals surface area contributed by atoms with Gasteiger partial charge in [0.15, 0.2) is 0 Å². The molecule has 3 amide bonds. The van der Waals surface area contributed by atoms with Crippen LogP contribution in [0.2, 0.25) is 0 Å². The Labute approximate surface area is 310 Å². The van der Waals surface area contributed by atoms with E-state index in [2.05, 4.69) is 16.1 Å². The normalized spacial score (nSPS) is 29.9. The molecule has 0 aliphatic carbocycles. The maximum atomic E-state index is 14.1. The van der Waals surface area contributed by atoms with Crippen molar-refractivity contribution in [1.82, 2.24) is 21.1 Å². The minimum atomic E-state index is -1.41. The van der Waals surface area contributed by atoms with Gasteiger partial charge in [0, 0.05) is 31.7 Å². The fraction of sp³-hybridized carbons (Fsp3) is 0.538. The summed E-state index contributed by atoms with van der Waals surface area (Å²) in [5, 5.41) is 39.2. The summed E-state index contributed by atoms with van der Waals surface area (Å²) in [7, 11) is 0. The van der Waals surface area contributed by atoms with E-state index >= 15 is 0 Å². The number of hydrazine groups is 1. The molecule has 6 N–H and O–H groups in total. The van der Waals surface area contributed by atoms with Crippen molar-refractivity contribution in [3.63, 3.8) is 0 Å². The molecule has 14 nitrogen and oxygen atoms in total. The quantitative estimate of drug-likeness (QED) is 0.129. The van der Waals surface area contributed by atoms with E-state index in [1.807, 2.05) is 0 Å². The summed E-state index contributed by atoms with van der Waals surface area (Å²) in [5.41, 5.74) is 3.96. The first kappa shape index (κ1) is 42.8. The van der Waals surface area contributed by atoms with Crippen LogP contribution < -0.4 is 16.1 Å². The Morgan fingerprint density at radius 1 is 1.08 bits per heavy atom. The molecule has 290 valence electrons. The molecule has 2 aliphatic rings. The van der Waals surface area contributed by atoms with Gasteiger partial charge in [0.2, 0.25) is 11.8 Å². The van der Waals surface area contributed by atoms with E-state index in [4.69, 9.17) is 4.74 Å². The molecule has 8 atom stereocenters. The van der Waals surface area contributed by atoms with Crippen molar-refractivity contribution in [2.45, 2.75) is 110 Å². The molecule has 14 heteroatoms. The minimum Gasteiger partial charge on any atom is -0.508 e. The van der Waals surface area contributed by atoms with Crippen molar-refractivity contribution in [3.05, 3.63) is 65.8 Å². The molecule has 0 spiro atoms. The van der Waals surface area contributed by atoms with Gasteiger partial charge in [0.25, 0.3) is 5.91 Å². The highest BCUT2D eigenvalue weighted by molar-refractivity contribution is 5.93. The van der Waals surface area contributed by atoms with Crippen LogP contribution in [0.1, 0.15) is 72.3 Å². The molecule has 3 rings (SSSR count). The van der Waals surface area contributed by atoms with Crippen molar-refractivity contribution in [2.75, 3.05) is 6.54 Å². The Bertz CT molecular complexity index is 1560. The van der Waals surface area contributed by atoms with E-state index in [9.17, 15) is 44.1 Å². The highest BCUT2D eigenvalue weighted by Crippen LogP contribution is 2.24. The molecule has 2 aliphatic heterocycles. The molecule has 2 heterocycles. The molecule has 2 bridgehead atoms. The molecule has 1 saturated heterocycles. The van der Waals surface area contributed by atoms with Crippen LogP contribution in [0, 0.1) is 17.8 Å². The Balaban J connectivity index is 2.07. The van der Waals surface area contributed by atoms with Crippen LogP contribution in [0.25, 0.3) is 0 Å². The third kappa shape index (κ3) is 12.8. The van der Waals surface area contributed by atoms with Gasteiger partial charge in [-0.2, -0.15) is 0 Å². The number of ether oxygens (including phenoxy) is 1. The number of nitrogens with zero attached hydrogens (tertiary/aromatic N) is 1. The lowest BCUT2D eigenvalue weighted by molar-refractivity contribution is -0.156. The van der Waals surface area contributed by atoms with Crippen molar-refractivity contribution >= 4 is 35.8 Å². The largest absolute Gasteiger partial charge is 0.508 e. The number of aldehydes is 1. The first-order valence-corrected chi connectivity index (χ1v) is 18.1. The average Bonchev–Trinajstić information content (AvgIpc) is 3.11. The Morgan fingerprint density at radius 3 is 2.47 bits per heavy atom. The summed E-state index contributed by atoms with van der Waals surface area (Å²) < 4.78 is 5.82. The number of carbonyl (C=O) groups excluding carboxylic acids is 6. The summed E-state index contributed by atoms with van der Waals surface area (Å²) in [6, 6.07) is 2.91. The van der Waals surface area contributed by atoms with Gasteiger partial charge in [-0.3, -0.25) is 29.0 Å². The SMILES string of the molecule is CC(=O)CC[C@H]1C(=O)N[C@@H](C(C)C)C(=O)N[C@@H](Cc2cccc(O)c2)C(=O)N2CCC[C@H](N2)C(=O)O[C@H](/C(C)=C/C=O)C/C=C/C=C/[C@H](O)[C@H](C)[C@H]1O. The Morgan fingerprint density at radius 2 is 1.81 bits per heavy atom. The molecule has 0 unspecified atom stereocenters. The summed E-state index contributed by atoms with van der Waals surface area (Å²) in [6.07, 6.45) is 5.56. The van der Waals surface area contributed by atoms with Crippen LogP contribution in [0.3, 0.4) is 0 Å². The van der Waals surface area contributed by atoms with Gasteiger partial charge >= 0.3 is 5.97 Å². The van der Waals surface area contributed by atoms with Gasteiger partial charge in [-0.25, -0.2) is 5.43 Å². The second kappa shape index (κ2) is 20.5. The third-order valence-corrected chi connectivity index (χ3v) is 9.59. The van der Waals surface area contributed by atoms with E-state index in [1.165, 1.54) is 36.2 Å². The minimum absolute atomic E-state index is 0.0247. The van der Waals surface area contributed by atoms with Crippen LogP contribution in [0.4, 0.5) is 0 Å². The molecule has 1 aromatic carbocycles. The number of hydrogen-bond donors (Lipinski definition) is 6. The molecule has 0 saturated carbocycles. The molecule has 1 aromatic rings. The fourth-order valence-corrected chi connectivity index (χ4v) is 6.26. The molecular weight excluding hydrogens is 684 g/mol. The smallest absolute Gasteiger partial charge is 0.325 e. The number of benzene rings is 1. The number of aliphatic hydroxyl groups excluding tert-OH is 2. The number of fused-ring (bicyclic) bond motifs is 2. The number of amides is 3. The number of phenolic OH excluding ortho intramolecular Hbond substituents is 1. The molecule has 0 aromatic heterocycles. The number of nitrogens with one attached hydrogen (secondary N) is 3. The first-order chi connectivity index (χ1) is 25.1. The highest BCUT2D eigenvalue weighted by atomic mass is 16.5. The molecule has 0 radical (unpaired) electrons. The predicted octanol–water partition coefficient (Wildman–Crippen LogP) is 1.97. The number of hydrogen-bond acceptors (Lipinski definition) is 11. The van der Waals surface area contributed by atoms with E-state index in [0.717, 1.165) is 0 Å². The maximum Gasteiger partial charge on any atom is 0.325 e. The Kier molecular flexibility index (Phi) is 16.6. The van der Waals surface area contributed by atoms with Crippen molar-refractivity contribution in [1.29, 1.82) is 0 Å². The summed E-state index contributed by atoms with van der Waals surface area (Å²) >= 11 is 0. The number of carbonyl (C=O) groups is 6. The van der Waals surface area contributed by atoms with Crippen molar-refractivity contribution in [2.24, 2.45) is 17.8 Å². The van der Waals surface area contributed by atoms with Gasteiger partial charge in [0.05, 0.1) is 18.1 Å². The zero-order valence-corrected chi connectivity index (χ0v) is 31.1. The van der Waals surface area contributed by atoms with Gasteiger partial charge < -0.3 is 35.5 Å². The van der Waals surface area contributed by atoms with Crippen LogP contribution in [0.15, 0.2) is 60.2 Å². The summed E-state index contributed by atoms with van der Waals surface area (Å²) in [4.78, 5) is 78.6. The number of rotatable bonds is 8. The van der Waals surface area contributed by atoms with E-state index < -0.39 is 77.9 Å². The van der Waals surface area contributed by atoms with Gasteiger partial charge in [-0.15, -0.1) is 0 Å². The number of allylic oxidation sites excluding steroid dienone is 3. The lowest BCUT2D eigenvalue weighted by Gasteiger charge is -2.36. The lowest BCUT2D eigenvalue weighted by Crippen LogP contribution is -2.62. The zero-order valence-electron chi connectivity index (χ0n) is 31.1. The number of cyclic esters (lactones) is 1. The van der Waals surface area contributed by atoms with E-state index in [1.54, 1.807) is 58.1 Å². The second-order valence-corrected chi connectivity index (χ2v) is 14.2. The van der Waals surface area contributed by atoms with Gasteiger partial charge in [-0.1, -0.05) is 57.2 Å². The van der Waals surface area contributed by atoms with E-state index in [0.29, 0.717) is 30.3 Å². The van der Waals surface area contributed by atoms with Gasteiger partial charge in [0.1, 0.15) is 42.0 Å². The number of Topliss-reactive ketones (excluding diaryl/α,β-unsaturated/α-hetero) is 1. The standard InChI is InChI=1S/C39H54N4O10/c1-23(2)34-37(50)40-31(22-27-11-9-12-28(46)21-27)38(51)43-19-10-13-30(42-43)39(52)53-33(24(3)18-20-44)15-8-6-7-14-32(47)26(5)35(48)29(36(49)41-34)17-16-25(4)45/h6-9,11-12,14,18,20-21,23,26,29-35,42,46-48H,10,13,15-17,19,22H2,1-5H3,(H,40,50)(H,41,49)/b8-6+,14-7+,24-18+/t26-,29+,30-,31-,32-,33-,34-,35+/m0/s1. The van der Waals surface area contributed by atoms with Gasteiger partial charge in [-0.05, 0) is 68.4 Å². The van der Waals surface area contributed by atoms with Crippen LogP contribution >= 0.6 is 0 Å². The topological polar surface area (TPSA) is 212 Å².